The molecule has 2 aliphatic rings. The summed E-state index contributed by atoms with van der Waals surface area (Å²) in [5, 5.41) is 12.6. The highest BCUT2D eigenvalue weighted by molar-refractivity contribution is 5.87. The summed E-state index contributed by atoms with van der Waals surface area (Å²) in [6, 6.07) is 17.5. The van der Waals surface area contributed by atoms with E-state index in [9.17, 15) is 9.90 Å². The molecule has 2 aromatic heterocycles. The maximum atomic E-state index is 13.1. The summed E-state index contributed by atoms with van der Waals surface area (Å²) < 4.78 is 5.88. The van der Waals surface area contributed by atoms with Gasteiger partial charge >= 0.3 is 5.63 Å². The quantitative estimate of drug-likeness (QED) is 0.378. The Balaban J connectivity index is 1.40. The molecule has 0 amide bonds. The number of likely N-dealkylation sites (tertiary alicyclic amines) is 1. The number of phenols is 1. The lowest BCUT2D eigenvalue weighted by atomic mass is 9.65. The summed E-state index contributed by atoms with van der Waals surface area (Å²) in [7, 11) is 0. The van der Waals surface area contributed by atoms with Crippen LogP contribution in [0, 0.1) is 10.8 Å². The summed E-state index contributed by atoms with van der Waals surface area (Å²) in [5.74, 6) is 0.179. The van der Waals surface area contributed by atoms with Gasteiger partial charge in [0.25, 0.3) is 0 Å². The van der Waals surface area contributed by atoms with E-state index in [1.165, 1.54) is 12.8 Å². The Kier molecular flexibility index (Phi) is 4.65. The first-order valence-electron chi connectivity index (χ1n) is 12.1. The fourth-order valence-electron chi connectivity index (χ4n) is 6.74. The SMILES string of the molecule is CC1(C)C[C@@H]2C[C@@](C)(CN2Cc2c(O)ccc3cc(-c4ccc5ccccc5n4)c(=O)oc23)C1. The second kappa shape index (κ2) is 7.41. The maximum absolute atomic E-state index is 13.1. The highest BCUT2D eigenvalue weighted by Crippen LogP contribution is 2.53. The lowest BCUT2D eigenvalue weighted by Crippen LogP contribution is -2.34. The molecule has 1 aliphatic carbocycles. The number of nitrogens with zero attached hydrogens (tertiary/aromatic N) is 2. The van der Waals surface area contributed by atoms with Gasteiger partial charge in [-0.1, -0.05) is 45.0 Å². The van der Waals surface area contributed by atoms with Crippen molar-refractivity contribution < 1.29 is 9.52 Å². The zero-order valence-corrected chi connectivity index (χ0v) is 20.0. The lowest BCUT2D eigenvalue weighted by molar-refractivity contribution is 0.126. The topological polar surface area (TPSA) is 66.6 Å². The van der Waals surface area contributed by atoms with Gasteiger partial charge in [-0.2, -0.15) is 0 Å². The minimum absolute atomic E-state index is 0.179. The number of hydrogen-bond donors (Lipinski definition) is 1. The largest absolute Gasteiger partial charge is 0.507 e. The number of fused-ring (bicyclic) bond motifs is 4. The summed E-state index contributed by atoms with van der Waals surface area (Å²) in [5.41, 5.74) is 3.21. The van der Waals surface area contributed by atoms with Crippen molar-refractivity contribution in [2.24, 2.45) is 10.8 Å². The van der Waals surface area contributed by atoms with Crippen molar-refractivity contribution in [3.8, 4) is 17.0 Å². The van der Waals surface area contributed by atoms with E-state index in [1.54, 1.807) is 6.07 Å². The fraction of sp³-hybridized carbons (Fsp3) is 0.379. The van der Waals surface area contributed by atoms with E-state index >= 15 is 0 Å². The minimum Gasteiger partial charge on any atom is -0.507 e. The van der Waals surface area contributed by atoms with Crippen LogP contribution in [0.2, 0.25) is 0 Å². The first kappa shape index (κ1) is 21.4. The van der Waals surface area contributed by atoms with E-state index in [0.717, 1.165) is 29.3 Å². The van der Waals surface area contributed by atoms with Gasteiger partial charge in [0, 0.05) is 29.9 Å². The van der Waals surface area contributed by atoms with Crippen molar-refractivity contribution in [1.29, 1.82) is 0 Å². The molecule has 2 atom stereocenters. The van der Waals surface area contributed by atoms with Gasteiger partial charge in [-0.25, -0.2) is 9.78 Å². The molecule has 1 aliphatic heterocycles. The summed E-state index contributed by atoms with van der Waals surface area (Å²) in [4.78, 5) is 20.2. The zero-order chi connectivity index (χ0) is 23.7. The molecular weight excluding hydrogens is 424 g/mol. The predicted molar refractivity (Wildman–Crippen MR) is 135 cm³/mol. The summed E-state index contributed by atoms with van der Waals surface area (Å²) >= 11 is 0. The van der Waals surface area contributed by atoms with Gasteiger partial charge in [-0.3, -0.25) is 4.90 Å². The van der Waals surface area contributed by atoms with Gasteiger partial charge in [0.05, 0.1) is 22.3 Å². The van der Waals surface area contributed by atoms with Crippen LogP contribution in [0.3, 0.4) is 0 Å². The van der Waals surface area contributed by atoms with Gasteiger partial charge in [0.1, 0.15) is 11.3 Å². The number of pyridine rings is 1. The molecule has 1 saturated heterocycles. The molecule has 1 saturated carbocycles. The Labute approximate surface area is 199 Å². The van der Waals surface area contributed by atoms with Crippen LogP contribution in [-0.4, -0.2) is 27.6 Å². The Morgan fingerprint density at radius 3 is 2.71 bits per heavy atom. The molecule has 2 aromatic carbocycles. The van der Waals surface area contributed by atoms with E-state index in [-0.39, 0.29) is 5.75 Å². The van der Waals surface area contributed by atoms with Gasteiger partial charge in [-0.05, 0) is 60.4 Å². The molecule has 5 nitrogen and oxygen atoms in total. The molecule has 3 heterocycles. The molecule has 174 valence electrons. The molecule has 2 fully saturated rings. The molecule has 0 spiro atoms. The monoisotopic (exact) mass is 454 g/mol. The molecule has 34 heavy (non-hydrogen) atoms. The van der Waals surface area contributed by atoms with E-state index in [0.29, 0.717) is 45.8 Å². The third kappa shape index (κ3) is 3.59. The predicted octanol–water partition coefficient (Wildman–Crippen LogP) is 6.11. The highest BCUT2D eigenvalue weighted by Gasteiger charge is 2.49. The summed E-state index contributed by atoms with van der Waals surface area (Å²) in [6.07, 6.45) is 3.55. The normalized spacial score (nSPS) is 24.1. The van der Waals surface area contributed by atoms with E-state index < -0.39 is 5.63 Å². The van der Waals surface area contributed by atoms with E-state index in [4.69, 9.17) is 4.42 Å². The van der Waals surface area contributed by atoms with Gasteiger partial charge in [0.15, 0.2) is 0 Å². The van der Waals surface area contributed by atoms with Crippen LogP contribution >= 0.6 is 0 Å². The molecule has 5 heteroatoms. The average molecular weight is 455 g/mol. The third-order valence-corrected chi connectivity index (χ3v) is 7.74. The first-order chi connectivity index (χ1) is 16.2. The first-order valence-corrected chi connectivity index (χ1v) is 12.1. The Bertz CT molecular complexity index is 1490. The van der Waals surface area contributed by atoms with Crippen LogP contribution in [0.15, 0.2) is 63.8 Å². The lowest BCUT2D eigenvalue weighted by Gasteiger charge is -2.40. The highest BCUT2D eigenvalue weighted by atomic mass is 16.4. The Hall–Kier alpha value is -3.18. The summed E-state index contributed by atoms with van der Waals surface area (Å²) in [6.45, 7) is 8.68. The van der Waals surface area contributed by atoms with Gasteiger partial charge in [0.2, 0.25) is 0 Å². The van der Waals surface area contributed by atoms with Crippen LogP contribution in [0.4, 0.5) is 0 Å². The molecule has 6 rings (SSSR count). The maximum Gasteiger partial charge on any atom is 0.345 e. The number of aromatic hydroxyl groups is 1. The number of para-hydroxylation sites is 1. The average Bonchev–Trinajstić information content (AvgIpc) is 3.02. The van der Waals surface area contributed by atoms with Crippen molar-refractivity contribution >= 4 is 21.9 Å². The Morgan fingerprint density at radius 2 is 1.85 bits per heavy atom. The van der Waals surface area contributed by atoms with Crippen LogP contribution in [-0.2, 0) is 6.54 Å². The second-order valence-corrected chi connectivity index (χ2v) is 11.4. The zero-order valence-electron chi connectivity index (χ0n) is 20.0. The number of hydrogen-bond acceptors (Lipinski definition) is 5. The molecule has 2 bridgehead atoms. The van der Waals surface area contributed by atoms with Crippen LogP contribution in [0.1, 0.15) is 45.6 Å². The van der Waals surface area contributed by atoms with Gasteiger partial charge < -0.3 is 9.52 Å². The smallest absolute Gasteiger partial charge is 0.345 e. The molecule has 4 aromatic rings. The third-order valence-electron chi connectivity index (χ3n) is 7.74. The molecular formula is C29H30N2O3. The molecule has 0 unspecified atom stereocenters. The number of benzene rings is 2. The number of rotatable bonds is 3. The van der Waals surface area contributed by atoms with E-state index in [2.05, 4.69) is 30.7 Å². The van der Waals surface area contributed by atoms with Gasteiger partial charge in [-0.15, -0.1) is 0 Å². The second-order valence-electron chi connectivity index (χ2n) is 11.4. The van der Waals surface area contributed by atoms with Crippen LogP contribution in [0.5, 0.6) is 5.75 Å². The van der Waals surface area contributed by atoms with Crippen molar-refractivity contribution in [2.75, 3.05) is 6.54 Å². The van der Waals surface area contributed by atoms with Crippen molar-refractivity contribution in [3.63, 3.8) is 0 Å². The van der Waals surface area contributed by atoms with Crippen molar-refractivity contribution in [1.82, 2.24) is 9.88 Å². The van der Waals surface area contributed by atoms with E-state index in [1.807, 2.05) is 48.5 Å². The molecule has 0 radical (unpaired) electrons. The van der Waals surface area contributed by atoms with Crippen LogP contribution in [0.25, 0.3) is 33.1 Å². The van der Waals surface area contributed by atoms with Crippen molar-refractivity contribution in [3.05, 3.63) is 70.6 Å². The minimum atomic E-state index is -0.435. The van der Waals surface area contributed by atoms with Crippen LogP contribution < -0.4 is 5.63 Å². The Morgan fingerprint density at radius 1 is 1.06 bits per heavy atom. The fourth-order valence-corrected chi connectivity index (χ4v) is 6.74. The number of aromatic nitrogens is 1. The van der Waals surface area contributed by atoms with Crippen molar-refractivity contribution in [2.45, 2.75) is 52.6 Å². The standard InChI is InChI=1S/C29H30N2O3/c1-28(2)13-20-14-29(3,16-28)17-31(20)15-22-25(32)11-9-19-12-21(27(33)34-26(19)22)24-10-8-18-6-4-5-7-23(18)30-24/h4-12,20,32H,13-17H2,1-3H3/t20-,29-/m1/s1. The number of phenolic OH excluding ortho intramolecular Hbond substituents is 1. The molecule has 1 N–H and O–H groups in total.